The standard InChI is InChI=1S/C12H21NO3/c1-4-9(2)10(14)13-7-5-6-12(3,8-13)11(15)16/h9H,4-8H2,1-3H3,(H,15,16). The van der Waals surface area contributed by atoms with Crippen molar-refractivity contribution in [1.82, 2.24) is 4.90 Å². The van der Waals surface area contributed by atoms with Gasteiger partial charge >= 0.3 is 5.97 Å². The highest BCUT2D eigenvalue weighted by Gasteiger charge is 2.39. The van der Waals surface area contributed by atoms with Crippen LogP contribution >= 0.6 is 0 Å². The number of aliphatic carboxylic acids is 1. The third kappa shape index (κ3) is 2.54. The third-order valence-electron chi connectivity index (χ3n) is 3.56. The van der Waals surface area contributed by atoms with Gasteiger partial charge in [0.05, 0.1) is 5.41 Å². The zero-order valence-corrected chi connectivity index (χ0v) is 10.3. The Kier molecular flexibility index (Phi) is 3.94. The van der Waals surface area contributed by atoms with Crippen LogP contribution in [0.25, 0.3) is 0 Å². The van der Waals surface area contributed by atoms with Gasteiger partial charge in [-0.05, 0) is 26.2 Å². The number of carbonyl (C=O) groups excluding carboxylic acids is 1. The molecule has 4 nitrogen and oxygen atoms in total. The highest BCUT2D eigenvalue weighted by molar-refractivity contribution is 5.80. The summed E-state index contributed by atoms with van der Waals surface area (Å²) in [6.07, 6.45) is 2.25. The fourth-order valence-electron chi connectivity index (χ4n) is 2.09. The van der Waals surface area contributed by atoms with Gasteiger partial charge in [-0.15, -0.1) is 0 Å². The van der Waals surface area contributed by atoms with E-state index in [0.717, 1.165) is 12.8 Å². The average molecular weight is 227 g/mol. The maximum absolute atomic E-state index is 12.0. The van der Waals surface area contributed by atoms with Crippen molar-refractivity contribution < 1.29 is 14.7 Å². The Balaban J connectivity index is 2.71. The summed E-state index contributed by atoms with van der Waals surface area (Å²) < 4.78 is 0. The molecule has 0 aliphatic carbocycles. The Bertz CT molecular complexity index is 290. The van der Waals surface area contributed by atoms with E-state index >= 15 is 0 Å². The van der Waals surface area contributed by atoms with Crippen LogP contribution in [0.1, 0.15) is 40.0 Å². The molecular formula is C12H21NO3. The summed E-state index contributed by atoms with van der Waals surface area (Å²) in [5.41, 5.74) is -0.763. The van der Waals surface area contributed by atoms with Crippen LogP contribution in [-0.2, 0) is 9.59 Å². The summed E-state index contributed by atoms with van der Waals surface area (Å²) >= 11 is 0. The predicted molar refractivity (Wildman–Crippen MR) is 61.0 cm³/mol. The molecule has 0 bridgehead atoms. The van der Waals surface area contributed by atoms with E-state index in [0.29, 0.717) is 19.5 Å². The molecule has 2 unspecified atom stereocenters. The van der Waals surface area contributed by atoms with Crippen molar-refractivity contribution in [2.45, 2.75) is 40.0 Å². The van der Waals surface area contributed by atoms with Gasteiger partial charge in [-0.1, -0.05) is 13.8 Å². The second-order valence-electron chi connectivity index (χ2n) is 5.04. The van der Waals surface area contributed by atoms with E-state index in [4.69, 9.17) is 5.11 Å². The fourth-order valence-corrected chi connectivity index (χ4v) is 2.09. The number of likely N-dealkylation sites (tertiary alicyclic amines) is 1. The molecule has 16 heavy (non-hydrogen) atoms. The van der Waals surface area contributed by atoms with Crippen molar-refractivity contribution >= 4 is 11.9 Å². The Morgan fingerprint density at radius 2 is 2.12 bits per heavy atom. The van der Waals surface area contributed by atoms with Crippen molar-refractivity contribution in [2.24, 2.45) is 11.3 Å². The molecule has 0 spiro atoms. The first kappa shape index (κ1) is 13.0. The molecule has 2 atom stereocenters. The van der Waals surface area contributed by atoms with Gasteiger partial charge in [0.2, 0.25) is 5.91 Å². The molecule has 0 aromatic heterocycles. The van der Waals surface area contributed by atoms with Crippen molar-refractivity contribution in [2.75, 3.05) is 13.1 Å². The van der Waals surface area contributed by atoms with Crippen molar-refractivity contribution in [3.63, 3.8) is 0 Å². The first-order valence-corrected chi connectivity index (χ1v) is 5.93. The third-order valence-corrected chi connectivity index (χ3v) is 3.56. The van der Waals surface area contributed by atoms with Crippen LogP contribution in [0.3, 0.4) is 0 Å². The smallest absolute Gasteiger partial charge is 0.311 e. The Hall–Kier alpha value is -1.06. The summed E-state index contributed by atoms with van der Waals surface area (Å²) in [4.78, 5) is 24.8. The Morgan fingerprint density at radius 1 is 1.50 bits per heavy atom. The largest absolute Gasteiger partial charge is 0.481 e. The van der Waals surface area contributed by atoms with Gasteiger partial charge in [-0.2, -0.15) is 0 Å². The summed E-state index contributed by atoms with van der Waals surface area (Å²) in [5.74, 6) is -0.708. The van der Waals surface area contributed by atoms with Gasteiger partial charge in [0.15, 0.2) is 0 Å². The Morgan fingerprint density at radius 3 is 2.62 bits per heavy atom. The zero-order valence-electron chi connectivity index (χ0n) is 10.3. The molecule has 0 radical (unpaired) electrons. The Labute approximate surface area is 96.6 Å². The first-order chi connectivity index (χ1) is 7.40. The van der Waals surface area contributed by atoms with E-state index in [9.17, 15) is 9.59 Å². The minimum absolute atomic E-state index is 0.00357. The van der Waals surface area contributed by atoms with E-state index < -0.39 is 11.4 Å². The number of nitrogens with zero attached hydrogens (tertiary/aromatic N) is 1. The van der Waals surface area contributed by atoms with Crippen molar-refractivity contribution in [3.8, 4) is 0 Å². The number of piperidine rings is 1. The van der Waals surface area contributed by atoms with Crippen LogP contribution in [-0.4, -0.2) is 35.0 Å². The number of hydrogen-bond acceptors (Lipinski definition) is 2. The summed E-state index contributed by atoms with van der Waals surface area (Å²) in [6.45, 7) is 6.65. The predicted octanol–water partition coefficient (Wildman–Crippen LogP) is 1.75. The number of amides is 1. The van der Waals surface area contributed by atoms with Crippen molar-refractivity contribution in [3.05, 3.63) is 0 Å². The summed E-state index contributed by atoms with van der Waals surface area (Å²) in [5, 5.41) is 9.15. The molecule has 0 aromatic carbocycles. The topological polar surface area (TPSA) is 57.6 Å². The van der Waals surface area contributed by atoms with Crippen LogP contribution in [0.4, 0.5) is 0 Å². The highest BCUT2D eigenvalue weighted by atomic mass is 16.4. The SMILES string of the molecule is CCC(C)C(=O)N1CCCC(C)(C(=O)O)C1. The monoisotopic (exact) mass is 227 g/mol. The van der Waals surface area contributed by atoms with Gasteiger partial charge in [-0.3, -0.25) is 9.59 Å². The highest BCUT2D eigenvalue weighted by Crippen LogP contribution is 2.30. The minimum atomic E-state index is -0.797. The number of hydrogen-bond donors (Lipinski definition) is 1. The van der Waals surface area contributed by atoms with Gasteiger partial charge < -0.3 is 10.0 Å². The lowest BCUT2D eigenvalue weighted by molar-refractivity contribution is -0.154. The maximum Gasteiger partial charge on any atom is 0.311 e. The normalized spacial score (nSPS) is 27.6. The van der Waals surface area contributed by atoms with Crippen LogP contribution in [0, 0.1) is 11.3 Å². The molecule has 1 aliphatic rings. The van der Waals surface area contributed by atoms with E-state index in [1.54, 1.807) is 11.8 Å². The van der Waals surface area contributed by atoms with Crippen LogP contribution in [0.15, 0.2) is 0 Å². The molecule has 92 valence electrons. The molecule has 4 heteroatoms. The maximum atomic E-state index is 12.0. The first-order valence-electron chi connectivity index (χ1n) is 5.93. The molecule has 1 aliphatic heterocycles. The second-order valence-corrected chi connectivity index (χ2v) is 5.04. The second kappa shape index (κ2) is 4.85. The molecule has 1 saturated heterocycles. The van der Waals surface area contributed by atoms with E-state index in [1.165, 1.54) is 0 Å². The molecule has 1 amide bonds. The number of carbonyl (C=O) groups is 2. The summed E-state index contributed by atoms with van der Waals surface area (Å²) in [6, 6.07) is 0. The molecule has 0 saturated carbocycles. The fraction of sp³-hybridized carbons (Fsp3) is 0.833. The molecule has 1 N–H and O–H groups in total. The van der Waals surface area contributed by atoms with E-state index in [2.05, 4.69) is 0 Å². The lowest BCUT2D eigenvalue weighted by Gasteiger charge is -2.38. The minimum Gasteiger partial charge on any atom is -0.481 e. The average Bonchev–Trinajstić information content (AvgIpc) is 2.27. The van der Waals surface area contributed by atoms with Gasteiger partial charge in [0.25, 0.3) is 0 Å². The number of carboxylic acids is 1. The zero-order chi connectivity index (χ0) is 12.3. The molecule has 1 fully saturated rings. The van der Waals surface area contributed by atoms with Crippen molar-refractivity contribution in [1.29, 1.82) is 0 Å². The van der Waals surface area contributed by atoms with Gasteiger partial charge in [0, 0.05) is 19.0 Å². The van der Waals surface area contributed by atoms with E-state index in [-0.39, 0.29) is 11.8 Å². The molecule has 0 aromatic rings. The van der Waals surface area contributed by atoms with Crippen LogP contribution < -0.4 is 0 Å². The lowest BCUT2D eigenvalue weighted by Crippen LogP contribution is -2.49. The molecule has 1 heterocycles. The lowest BCUT2D eigenvalue weighted by atomic mass is 9.81. The number of carboxylic acid groups (broad SMARTS) is 1. The number of rotatable bonds is 3. The van der Waals surface area contributed by atoms with Crippen LogP contribution in [0.2, 0.25) is 0 Å². The van der Waals surface area contributed by atoms with E-state index in [1.807, 2.05) is 13.8 Å². The van der Waals surface area contributed by atoms with Gasteiger partial charge in [0.1, 0.15) is 0 Å². The molecular weight excluding hydrogens is 206 g/mol. The van der Waals surface area contributed by atoms with Gasteiger partial charge in [-0.25, -0.2) is 0 Å². The summed E-state index contributed by atoms with van der Waals surface area (Å²) in [7, 11) is 0. The molecule has 1 rings (SSSR count). The van der Waals surface area contributed by atoms with Crippen LogP contribution in [0.5, 0.6) is 0 Å². The quantitative estimate of drug-likeness (QED) is 0.799.